The molecule has 46 heavy (non-hydrogen) atoms. The molecule has 0 fully saturated rings. The first-order valence-corrected chi connectivity index (χ1v) is 16.2. The van der Waals surface area contributed by atoms with Crippen LogP contribution in [0.4, 0.5) is 42.9 Å². The summed E-state index contributed by atoms with van der Waals surface area (Å²) in [6.45, 7) is -0.151. The maximum atomic E-state index is 16.0. The summed E-state index contributed by atoms with van der Waals surface area (Å²) in [7, 11) is 2.04. The molecule has 0 saturated heterocycles. The molecule has 0 aliphatic carbocycles. The van der Waals surface area contributed by atoms with Gasteiger partial charge in [0.05, 0.1) is 21.8 Å². The normalized spacial score (nSPS) is 13.4. The third kappa shape index (κ3) is 3.35. The Bertz CT molecular complexity index is 2570. The molecule has 0 bridgehead atoms. The van der Waals surface area contributed by atoms with Gasteiger partial charge in [-0.05, 0) is 76.4 Å². The summed E-state index contributed by atoms with van der Waals surface area (Å²) in [5, 5.41) is 3.47. The van der Waals surface area contributed by atoms with Crippen LogP contribution < -0.4 is 26.2 Å². The van der Waals surface area contributed by atoms with Crippen LogP contribution in [-0.2, 0) is 7.05 Å². The van der Waals surface area contributed by atoms with E-state index in [1.165, 1.54) is 22.2 Å². The van der Waals surface area contributed by atoms with E-state index in [0.29, 0.717) is 11.4 Å². The fourth-order valence-electron chi connectivity index (χ4n) is 7.73. The average Bonchev–Trinajstić information content (AvgIpc) is 3.64. The number of nitrogens with zero attached hydrogens (tertiary/aromatic N) is 3. The largest absolute Gasteiger partial charge is 0.350 e. The second-order valence-corrected chi connectivity index (χ2v) is 13.1. The van der Waals surface area contributed by atoms with Gasteiger partial charge in [-0.15, -0.1) is 11.3 Å². The van der Waals surface area contributed by atoms with Gasteiger partial charge in [0, 0.05) is 51.3 Å². The minimum Gasteiger partial charge on any atom is -0.350 e. The third-order valence-electron chi connectivity index (χ3n) is 9.69. The van der Waals surface area contributed by atoms with Crippen LogP contribution in [0.15, 0.2) is 128 Å². The van der Waals surface area contributed by atoms with Crippen molar-refractivity contribution in [3.8, 4) is 0 Å². The summed E-state index contributed by atoms with van der Waals surface area (Å²) in [6, 6.07) is 39.6. The molecule has 8 aromatic rings. The van der Waals surface area contributed by atoms with Gasteiger partial charge in [0.15, 0.2) is 0 Å². The molecule has 0 spiro atoms. The van der Waals surface area contributed by atoms with E-state index in [2.05, 4.69) is 87.3 Å². The van der Waals surface area contributed by atoms with Gasteiger partial charge in [0.25, 0.3) is 6.71 Å². The molecule has 2 aliphatic heterocycles. The highest BCUT2D eigenvalue weighted by atomic mass is 32.1. The van der Waals surface area contributed by atoms with Gasteiger partial charge in [0.1, 0.15) is 11.6 Å². The summed E-state index contributed by atoms with van der Waals surface area (Å²) in [5.41, 5.74) is 8.99. The number of aromatic nitrogens is 1. The minimum atomic E-state index is -0.300. The van der Waals surface area contributed by atoms with Crippen LogP contribution in [-0.4, -0.2) is 11.3 Å². The van der Waals surface area contributed by atoms with Gasteiger partial charge in [-0.25, -0.2) is 8.78 Å². The lowest BCUT2D eigenvalue weighted by molar-refractivity contribution is 0.629. The molecule has 0 saturated carbocycles. The summed E-state index contributed by atoms with van der Waals surface area (Å²) in [6.07, 6.45) is 2.07. The van der Waals surface area contributed by atoms with E-state index in [1.54, 1.807) is 23.5 Å². The number of hydrogen-bond acceptors (Lipinski definition) is 3. The lowest BCUT2D eigenvalue weighted by atomic mass is 9.33. The van der Waals surface area contributed by atoms with Gasteiger partial charge in [-0.3, -0.25) is 0 Å². The average molecular weight is 616 g/mol. The summed E-state index contributed by atoms with van der Waals surface area (Å²) in [4.78, 5) is 4.15. The first kappa shape index (κ1) is 25.9. The lowest BCUT2D eigenvalue weighted by Gasteiger charge is -2.44. The van der Waals surface area contributed by atoms with Crippen molar-refractivity contribution in [1.82, 2.24) is 4.57 Å². The van der Waals surface area contributed by atoms with E-state index in [0.717, 1.165) is 60.1 Å². The zero-order valence-electron chi connectivity index (χ0n) is 24.7. The summed E-state index contributed by atoms with van der Waals surface area (Å²) < 4.78 is 36.2. The van der Waals surface area contributed by atoms with E-state index in [-0.39, 0.29) is 18.3 Å². The quantitative estimate of drug-likeness (QED) is 0.180. The molecule has 6 aromatic carbocycles. The van der Waals surface area contributed by atoms with Crippen LogP contribution in [0.5, 0.6) is 0 Å². The Morgan fingerprint density at radius 1 is 0.587 bits per heavy atom. The number of rotatable bonds is 2. The van der Waals surface area contributed by atoms with E-state index < -0.39 is 0 Å². The van der Waals surface area contributed by atoms with Gasteiger partial charge in [0.2, 0.25) is 0 Å². The smallest absolute Gasteiger partial charge is 0.252 e. The Hall–Kier alpha value is -5.40. The molecular formula is C39H24BF2N3S. The van der Waals surface area contributed by atoms with Crippen LogP contribution in [0.3, 0.4) is 0 Å². The Labute approximate surface area is 268 Å². The zero-order chi connectivity index (χ0) is 30.7. The number of thiophene rings is 1. The predicted octanol–water partition coefficient (Wildman–Crippen LogP) is 8.91. The minimum absolute atomic E-state index is 0.151. The molecular weight excluding hydrogens is 591 g/mol. The Kier molecular flexibility index (Phi) is 5.24. The van der Waals surface area contributed by atoms with Crippen molar-refractivity contribution in [2.75, 3.05) is 9.80 Å². The van der Waals surface area contributed by atoms with Crippen molar-refractivity contribution in [1.29, 1.82) is 0 Å². The Balaban J connectivity index is 1.38. The van der Waals surface area contributed by atoms with E-state index >= 15 is 8.78 Å². The number of para-hydroxylation sites is 2. The van der Waals surface area contributed by atoms with Gasteiger partial charge < -0.3 is 14.4 Å². The van der Waals surface area contributed by atoms with Crippen LogP contribution in [0, 0.1) is 11.6 Å². The van der Waals surface area contributed by atoms with Crippen LogP contribution in [0.25, 0.3) is 31.1 Å². The highest BCUT2D eigenvalue weighted by molar-refractivity contribution is 7.26. The van der Waals surface area contributed by atoms with E-state index in [1.807, 2.05) is 37.4 Å². The van der Waals surface area contributed by atoms with E-state index in [4.69, 9.17) is 0 Å². The summed E-state index contributed by atoms with van der Waals surface area (Å²) in [5.74, 6) is -0.596. The molecule has 7 heteroatoms. The Morgan fingerprint density at radius 2 is 1.26 bits per heavy atom. The zero-order valence-corrected chi connectivity index (χ0v) is 25.5. The molecule has 0 atom stereocenters. The van der Waals surface area contributed by atoms with Crippen LogP contribution in [0.2, 0.25) is 0 Å². The molecule has 218 valence electrons. The second kappa shape index (κ2) is 9.31. The number of benzene rings is 6. The first-order chi connectivity index (χ1) is 22.6. The molecule has 10 rings (SSSR count). The first-order valence-electron chi connectivity index (χ1n) is 15.3. The highest BCUT2D eigenvalue weighted by Gasteiger charge is 2.45. The highest BCUT2D eigenvalue weighted by Crippen LogP contribution is 2.49. The number of fused-ring (bicyclic) bond motifs is 9. The van der Waals surface area contributed by atoms with Crippen LogP contribution in [0.1, 0.15) is 0 Å². The van der Waals surface area contributed by atoms with Crippen molar-refractivity contribution in [2.24, 2.45) is 7.05 Å². The maximum absolute atomic E-state index is 16.0. The standard InChI is InChI=1S/C39H24BF2N3S/c1-43-20-19-23-21-27-35(22-34(23)43)44(30-12-5-3-10-28(30)41)32-14-8-15-33-37(32)40(27)26-18-17-25-24-9-2-7-16-36(24)46-39(25)38(26)45(33)31-13-6-4-11-29(31)42/h2-22H,1H3. The molecule has 4 heterocycles. The maximum Gasteiger partial charge on any atom is 0.252 e. The van der Waals surface area contributed by atoms with Crippen molar-refractivity contribution in [2.45, 2.75) is 0 Å². The second-order valence-electron chi connectivity index (χ2n) is 12.1. The molecule has 0 unspecified atom stereocenters. The number of aryl methyl sites for hydroxylation is 1. The SMILES string of the molecule is Cn1ccc2cc3c(cc21)N(c1ccccc1F)c1cccc2c1B3c1ccc3c(sc4ccccc43)c1N2c1ccccc1F. The fourth-order valence-corrected chi connectivity index (χ4v) is 8.98. The molecule has 0 amide bonds. The van der Waals surface area contributed by atoms with Crippen molar-refractivity contribution in [3.63, 3.8) is 0 Å². The topological polar surface area (TPSA) is 11.4 Å². The number of anilines is 6. The monoisotopic (exact) mass is 615 g/mol. The molecule has 2 aromatic heterocycles. The Morgan fingerprint density at radius 3 is 2.04 bits per heavy atom. The number of halogens is 2. The van der Waals surface area contributed by atoms with E-state index in [9.17, 15) is 0 Å². The third-order valence-corrected chi connectivity index (χ3v) is 10.9. The predicted molar refractivity (Wildman–Crippen MR) is 190 cm³/mol. The van der Waals surface area contributed by atoms with Crippen LogP contribution >= 0.6 is 11.3 Å². The summed E-state index contributed by atoms with van der Waals surface area (Å²) >= 11 is 1.75. The molecule has 2 aliphatic rings. The van der Waals surface area contributed by atoms with Gasteiger partial charge in [-0.1, -0.05) is 66.7 Å². The van der Waals surface area contributed by atoms with Gasteiger partial charge >= 0.3 is 0 Å². The fraction of sp³-hybridized carbons (Fsp3) is 0.0256. The van der Waals surface area contributed by atoms with Gasteiger partial charge in [-0.2, -0.15) is 0 Å². The molecule has 3 nitrogen and oxygen atoms in total. The molecule has 0 radical (unpaired) electrons. The lowest BCUT2D eigenvalue weighted by Crippen LogP contribution is -2.61. The van der Waals surface area contributed by atoms with Crippen molar-refractivity contribution in [3.05, 3.63) is 139 Å². The van der Waals surface area contributed by atoms with Crippen molar-refractivity contribution < 1.29 is 8.78 Å². The number of hydrogen-bond donors (Lipinski definition) is 0. The molecule has 0 N–H and O–H groups in total. The van der Waals surface area contributed by atoms with Crippen molar-refractivity contribution >= 4 is 99.6 Å².